The van der Waals surface area contributed by atoms with Crippen LogP contribution in [0.2, 0.25) is 0 Å². The number of hydrogen-bond donors (Lipinski definition) is 3. The fourth-order valence-corrected chi connectivity index (χ4v) is 2.67. The summed E-state index contributed by atoms with van der Waals surface area (Å²) in [7, 11) is 0. The van der Waals surface area contributed by atoms with E-state index in [1.54, 1.807) is 24.2 Å². The molecule has 8 heteroatoms. The van der Waals surface area contributed by atoms with Gasteiger partial charge in [-0.3, -0.25) is 4.98 Å². The monoisotopic (exact) mass is 339 g/mol. The third-order valence-corrected chi connectivity index (χ3v) is 4.16. The van der Waals surface area contributed by atoms with E-state index in [1.807, 2.05) is 43.3 Å². The zero-order valence-electron chi connectivity index (χ0n) is 13.1. The second-order valence-electron chi connectivity index (χ2n) is 5.04. The van der Waals surface area contributed by atoms with Gasteiger partial charge in [-0.15, -0.1) is 5.10 Å². The number of H-pyrrole nitrogens is 1. The molecule has 0 unspecified atom stereocenters. The van der Waals surface area contributed by atoms with Crippen molar-refractivity contribution in [3.63, 3.8) is 0 Å². The summed E-state index contributed by atoms with van der Waals surface area (Å²) in [6.45, 7) is 1.91. The van der Waals surface area contributed by atoms with Crippen molar-refractivity contribution in [3.8, 4) is 0 Å². The molecule has 0 spiro atoms. The van der Waals surface area contributed by atoms with Crippen LogP contribution < -0.4 is 11.2 Å². The molecule has 3 aromatic rings. The first kappa shape index (κ1) is 16.0. The lowest BCUT2D eigenvalue weighted by Crippen LogP contribution is -2.00. The quantitative estimate of drug-likeness (QED) is 0.276. The third-order valence-electron chi connectivity index (χ3n) is 3.24. The van der Waals surface area contributed by atoms with E-state index < -0.39 is 0 Å². The number of nitrogens with one attached hydrogen (secondary N) is 2. The van der Waals surface area contributed by atoms with Crippen molar-refractivity contribution in [1.82, 2.24) is 20.2 Å². The normalized spacial score (nSPS) is 11.5. The maximum Gasteiger partial charge on any atom is 0.240 e. The van der Waals surface area contributed by atoms with E-state index in [1.165, 1.54) is 5.56 Å². The topological polar surface area (TPSA) is 105 Å². The van der Waals surface area contributed by atoms with E-state index in [-0.39, 0.29) is 0 Å². The molecule has 7 nitrogen and oxygen atoms in total. The Labute approximate surface area is 143 Å². The predicted octanol–water partition coefficient (Wildman–Crippen LogP) is 2.91. The maximum absolute atomic E-state index is 5.68. The minimum Gasteiger partial charge on any atom is -0.399 e. The van der Waals surface area contributed by atoms with Gasteiger partial charge < -0.3 is 5.73 Å². The summed E-state index contributed by atoms with van der Waals surface area (Å²) in [4.78, 5) is 8.34. The molecular weight excluding hydrogens is 322 g/mol. The number of thioether (sulfide) groups is 1. The molecule has 0 amide bonds. The van der Waals surface area contributed by atoms with Gasteiger partial charge in [0.05, 0.1) is 5.71 Å². The van der Waals surface area contributed by atoms with Crippen LogP contribution in [0.4, 0.5) is 11.6 Å². The Balaban J connectivity index is 1.57. The van der Waals surface area contributed by atoms with Gasteiger partial charge in [-0.1, -0.05) is 23.9 Å². The molecule has 0 saturated carbocycles. The number of nitrogens with two attached hydrogens (primary N) is 1. The van der Waals surface area contributed by atoms with Gasteiger partial charge in [0.2, 0.25) is 11.1 Å². The first-order chi connectivity index (χ1) is 11.7. The van der Waals surface area contributed by atoms with Gasteiger partial charge >= 0.3 is 0 Å². The second-order valence-corrected chi connectivity index (χ2v) is 5.98. The number of aromatic nitrogens is 4. The van der Waals surface area contributed by atoms with Crippen molar-refractivity contribution >= 4 is 29.1 Å². The van der Waals surface area contributed by atoms with Gasteiger partial charge in [0.15, 0.2) is 0 Å². The number of hydrazone groups is 1. The van der Waals surface area contributed by atoms with Gasteiger partial charge in [-0.25, -0.2) is 10.5 Å². The number of nitrogens with zero attached hydrogens (tertiary/aromatic N) is 4. The van der Waals surface area contributed by atoms with Gasteiger partial charge in [-0.2, -0.15) is 10.1 Å². The minimum absolute atomic E-state index is 0.502. The summed E-state index contributed by atoms with van der Waals surface area (Å²) >= 11 is 1.54. The largest absolute Gasteiger partial charge is 0.399 e. The Bertz CT molecular complexity index is 812. The Morgan fingerprint density at radius 1 is 1.21 bits per heavy atom. The van der Waals surface area contributed by atoms with Gasteiger partial charge in [0, 0.05) is 23.8 Å². The van der Waals surface area contributed by atoms with Crippen LogP contribution in [0.1, 0.15) is 18.1 Å². The standard InChI is InChI=1S/C16H17N7S/c1-11(13-2-4-14(17)5-3-13)20-21-15-19-16(23-22-15)24-10-12-6-8-18-9-7-12/h2-9H,10,17H2,1H3,(H2,19,21,22,23)/b20-11-. The van der Waals surface area contributed by atoms with E-state index in [9.17, 15) is 0 Å². The summed E-state index contributed by atoms with van der Waals surface area (Å²) in [5.74, 6) is 1.29. The van der Waals surface area contributed by atoms with Gasteiger partial charge in [0.1, 0.15) is 0 Å². The molecule has 24 heavy (non-hydrogen) atoms. The number of pyridine rings is 1. The van der Waals surface area contributed by atoms with Crippen LogP contribution in [0.5, 0.6) is 0 Å². The van der Waals surface area contributed by atoms with E-state index in [0.29, 0.717) is 11.1 Å². The van der Waals surface area contributed by atoms with Crippen LogP contribution in [0.3, 0.4) is 0 Å². The highest BCUT2D eigenvalue weighted by molar-refractivity contribution is 7.98. The van der Waals surface area contributed by atoms with Crippen molar-refractivity contribution in [2.75, 3.05) is 11.2 Å². The molecule has 4 N–H and O–H groups in total. The number of nitrogen functional groups attached to an aromatic ring is 1. The van der Waals surface area contributed by atoms with Crippen molar-refractivity contribution in [2.45, 2.75) is 17.8 Å². The van der Waals surface area contributed by atoms with Crippen molar-refractivity contribution < 1.29 is 0 Å². The molecule has 0 saturated heterocycles. The van der Waals surface area contributed by atoms with E-state index in [2.05, 4.69) is 30.7 Å². The molecule has 0 fully saturated rings. The van der Waals surface area contributed by atoms with Gasteiger partial charge in [0.25, 0.3) is 0 Å². The number of aromatic amines is 1. The van der Waals surface area contributed by atoms with Crippen LogP contribution in [0.25, 0.3) is 0 Å². The molecule has 122 valence electrons. The van der Waals surface area contributed by atoms with Crippen LogP contribution in [-0.2, 0) is 5.75 Å². The molecule has 1 aromatic carbocycles. The summed E-state index contributed by atoms with van der Waals surface area (Å²) in [5.41, 5.74) is 12.3. The first-order valence-electron chi connectivity index (χ1n) is 7.31. The summed E-state index contributed by atoms with van der Waals surface area (Å²) in [5, 5.41) is 11.9. The lowest BCUT2D eigenvalue weighted by molar-refractivity contribution is 0.972. The van der Waals surface area contributed by atoms with Crippen molar-refractivity contribution in [3.05, 3.63) is 59.9 Å². The zero-order valence-corrected chi connectivity index (χ0v) is 13.9. The number of benzene rings is 1. The highest BCUT2D eigenvalue weighted by atomic mass is 32.2. The molecule has 2 heterocycles. The highest BCUT2D eigenvalue weighted by Crippen LogP contribution is 2.19. The Morgan fingerprint density at radius 3 is 2.71 bits per heavy atom. The highest BCUT2D eigenvalue weighted by Gasteiger charge is 2.04. The second kappa shape index (κ2) is 7.60. The molecule has 2 aromatic heterocycles. The molecular formula is C16H17N7S. The first-order valence-corrected chi connectivity index (χ1v) is 8.29. The van der Waals surface area contributed by atoms with Crippen molar-refractivity contribution in [1.29, 1.82) is 0 Å². The zero-order chi connectivity index (χ0) is 16.8. The summed E-state index contributed by atoms with van der Waals surface area (Å²) in [6.07, 6.45) is 3.55. The van der Waals surface area contributed by atoms with Crippen LogP contribution >= 0.6 is 11.8 Å². The van der Waals surface area contributed by atoms with E-state index in [0.717, 1.165) is 22.7 Å². The minimum atomic E-state index is 0.502. The molecule has 0 aliphatic heterocycles. The summed E-state index contributed by atoms with van der Waals surface area (Å²) in [6, 6.07) is 11.5. The lowest BCUT2D eigenvalue weighted by Gasteiger charge is -2.01. The Hall–Kier alpha value is -2.87. The molecule has 0 aliphatic carbocycles. The Morgan fingerprint density at radius 2 is 1.96 bits per heavy atom. The average Bonchev–Trinajstić information content (AvgIpc) is 3.07. The average molecular weight is 339 g/mol. The van der Waals surface area contributed by atoms with E-state index in [4.69, 9.17) is 5.73 Å². The van der Waals surface area contributed by atoms with Crippen LogP contribution in [0, 0.1) is 0 Å². The van der Waals surface area contributed by atoms with Gasteiger partial charge in [-0.05, 0) is 42.3 Å². The van der Waals surface area contributed by atoms with Crippen LogP contribution in [0.15, 0.2) is 59.0 Å². The SMILES string of the molecule is C/C(=N/Nc1nc(SCc2ccncc2)n[nH]1)c1ccc(N)cc1. The van der Waals surface area contributed by atoms with Crippen molar-refractivity contribution in [2.24, 2.45) is 5.10 Å². The fourth-order valence-electron chi connectivity index (χ4n) is 1.91. The molecule has 0 aliphatic rings. The van der Waals surface area contributed by atoms with E-state index >= 15 is 0 Å². The summed E-state index contributed by atoms with van der Waals surface area (Å²) < 4.78 is 0. The third kappa shape index (κ3) is 4.32. The predicted molar refractivity (Wildman–Crippen MR) is 96.9 cm³/mol. The Kier molecular flexibility index (Phi) is 5.07. The lowest BCUT2D eigenvalue weighted by atomic mass is 10.1. The smallest absolute Gasteiger partial charge is 0.240 e. The molecule has 0 bridgehead atoms. The molecule has 3 rings (SSSR count). The maximum atomic E-state index is 5.68. The number of anilines is 2. The fraction of sp³-hybridized carbons (Fsp3) is 0.125. The van der Waals surface area contributed by atoms with Crippen LogP contribution in [-0.4, -0.2) is 25.9 Å². The molecule has 0 radical (unpaired) electrons. The number of rotatable bonds is 6. The molecule has 0 atom stereocenters. The number of hydrogen-bond acceptors (Lipinski definition) is 7.